The molecule has 4 aromatic rings. The number of aromatic nitrogens is 2. The number of rotatable bonds is 6. The Bertz CT molecular complexity index is 1260. The molecular formula is C24H22ClN5O2. The summed E-state index contributed by atoms with van der Waals surface area (Å²) in [6, 6.07) is 19.4. The molecule has 4 rings (SSSR count). The SMILES string of the molecule is CC(NC(=O)NCc1cn2cc(Cl)ccc2n1)c1cccc(NC(=O)c2ccccc2)c1. The number of urea groups is 1. The number of benzene rings is 2. The number of carbonyl (C=O) groups is 2. The molecule has 0 aliphatic heterocycles. The van der Waals surface area contributed by atoms with Crippen LogP contribution in [-0.4, -0.2) is 21.3 Å². The van der Waals surface area contributed by atoms with E-state index in [2.05, 4.69) is 20.9 Å². The minimum atomic E-state index is -0.314. The molecule has 0 spiro atoms. The Balaban J connectivity index is 1.33. The van der Waals surface area contributed by atoms with Crippen molar-refractivity contribution in [1.82, 2.24) is 20.0 Å². The zero-order chi connectivity index (χ0) is 22.5. The van der Waals surface area contributed by atoms with Crippen LogP contribution in [-0.2, 0) is 6.54 Å². The van der Waals surface area contributed by atoms with Crippen molar-refractivity contribution in [2.45, 2.75) is 19.5 Å². The third kappa shape index (κ3) is 5.25. The van der Waals surface area contributed by atoms with Crippen molar-refractivity contribution in [3.05, 3.63) is 101 Å². The number of pyridine rings is 1. The molecule has 2 aromatic heterocycles. The Morgan fingerprint density at radius 2 is 1.84 bits per heavy atom. The molecule has 0 saturated heterocycles. The number of hydrogen-bond donors (Lipinski definition) is 3. The fourth-order valence-corrected chi connectivity index (χ4v) is 3.45. The van der Waals surface area contributed by atoms with Gasteiger partial charge in [-0.3, -0.25) is 4.79 Å². The third-order valence-corrected chi connectivity index (χ3v) is 5.15. The number of amides is 3. The second-order valence-electron chi connectivity index (χ2n) is 7.34. The average Bonchev–Trinajstić information content (AvgIpc) is 3.20. The van der Waals surface area contributed by atoms with Crippen molar-refractivity contribution >= 4 is 34.9 Å². The molecule has 162 valence electrons. The monoisotopic (exact) mass is 447 g/mol. The van der Waals surface area contributed by atoms with Crippen molar-refractivity contribution in [2.75, 3.05) is 5.32 Å². The summed E-state index contributed by atoms with van der Waals surface area (Å²) < 4.78 is 1.81. The zero-order valence-electron chi connectivity index (χ0n) is 17.4. The minimum Gasteiger partial charge on any atom is -0.332 e. The lowest BCUT2D eigenvalue weighted by atomic mass is 10.1. The molecule has 8 heteroatoms. The van der Waals surface area contributed by atoms with Crippen LogP contribution < -0.4 is 16.0 Å². The van der Waals surface area contributed by atoms with Crippen LogP contribution in [0.15, 0.2) is 79.1 Å². The van der Waals surface area contributed by atoms with E-state index >= 15 is 0 Å². The second kappa shape index (κ2) is 9.53. The molecule has 0 radical (unpaired) electrons. The maximum absolute atomic E-state index is 12.4. The van der Waals surface area contributed by atoms with E-state index in [0.29, 0.717) is 16.3 Å². The van der Waals surface area contributed by atoms with Gasteiger partial charge >= 0.3 is 6.03 Å². The van der Waals surface area contributed by atoms with Crippen molar-refractivity contribution in [1.29, 1.82) is 0 Å². The molecule has 2 heterocycles. The van der Waals surface area contributed by atoms with Crippen LogP contribution in [0.2, 0.25) is 5.02 Å². The Morgan fingerprint density at radius 3 is 2.66 bits per heavy atom. The molecule has 7 nitrogen and oxygen atoms in total. The van der Waals surface area contributed by atoms with Crippen molar-refractivity contribution in [3.63, 3.8) is 0 Å². The van der Waals surface area contributed by atoms with Gasteiger partial charge in [0.2, 0.25) is 0 Å². The molecule has 1 atom stereocenters. The first-order valence-corrected chi connectivity index (χ1v) is 10.5. The molecule has 2 aromatic carbocycles. The van der Waals surface area contributed by atoms with Crippen LogP contribution in [0.5, 0.6) is 0 Å². The van der Waals surface area contributed by atoms with E-state index in [4.69, 9.17) is 11.6 Å². The van der Waals surface area contributed by atoms with Gasteiger partial charge in [0.15, 0.2) is 0 Å². The lowest BCUT2D eigenvalue weighted by Gasteiger charge is -2.16. The highest BCUT2D eigenvalue weighted by Crippen LogP contribution is 2.18. The van der Waals surface area contributed by atoms with E-state index in [1.54, 1.807) is 24.4 Å². The quantitative estimate of drug-likeness (QED) is 0.396. The van der Waals surface area contributed by atoms with Gasteiger partial charge in [-0.15, -0.1) is 0 Å². The number of carbonyl (C=O) groups excluding carboxylic acids is 2. The van der Waals surface area contributed by atoms with Crippen molar-refractivity contribution < 1.29 is 9.59 Å². The van der Waals surface area contributed by atoms with E-state index in [9.17, 15) is 9.59 Å². The number of halogens is 1. The summed E-state index contributed by atoms with van der Waals surface area (Å²) >= 11 is 5.99. The van der Waals surface area contributed by atoms with E-state index in [0.717, 1.165) is 16.9 Å². The van der Waals surface area contributed by atoms with Crippen LogP contribution in [0.3, 0.4) is 0 Å². The van der Waals surface area contributed by atoms with E-state index in [1.165, 1.54) is 0 Å². The summed E-state index contributed by atoms with van der Waals surface area (Å²) in [6.45, 7) is 2.16. The van der Waals surface area contributed by atoms with Crippen molar-refractivity contribution in [3.8, 4) is 0 Å². The molecule has 3 amide bonds. The summed E-state index contributed by atoms with van der Waals surface area (Å²) in [6.07, 6.45) is 3.59. The van der Waals surface area contributed by atoms with Gasteiger partial charge in [0.1, 0.15) is 5.65 Å². The summed E-state index contributed by atoms with van der Waals surface area (Å²) in [5, 5.41) is 9.21. The van der Waals surface area contributed by atoms with Crippen LogP contribution in [0.1, 0.15) is 34.6 Å². The number of nitrogens with zero attached hydrogens (tertiary/aromatic N) is 2. The van der Waals surface area contributed by atoms with Gasteiger partial charge in [-0.2, -0.15) is 0 Å². The van der Waals surface area contributed by atoms with E-state index in [1.807, 2.05) is 66.1 Å². The molecule has 32 heavy (non-hydrogen) atoms. The molecule has 0 bridgehead atoms. The van der Waals surface area contributed by atoms with Crippen LogP contribution in [0, 0.1) is 0 Å². The zero-order valence-corrected chi connectivity index (χ0v) is 18.1. The Kier molecular flexibility index (Phi) is 6.37. The minimum absolute atomic E-state index is 0.185. The normalized spacial score (nSPS) is 11.7. The van der Waals surface area contributed by atoms with Crippen LogP contribution >= 0.6 is 11.6 Å². The fraction of sp³-hybridized carbons (Fsp3) is 0.125. The first-order chi connectivity index (χ1) is 15.5. The molecule has 0 saturated carbocycles. The summed E-state index contributed by atoms with van der Waals surface area (Å²) in [5.74, 6) is -0.185. The van der Waals surface area contributed by atoms with Gasteiger partial charge in [-0.1, -0.05) is 41.9 Å². The van der Waals surface area contributed by atoms with Gasteiger partial charge in [0.05, 0.1) is 23.3 Å². The molecule has 0 fully saturated rings. The van der Waals surface area contributed by atoms with Gasteiger partial charge < -0.3 is 20.4 Å². The van der Waals surface area contributed by atoms with Gasteiger partial charge in [-0.25, -0.2) is 9.78 Å². The predicted octanol–water partition coefficient (Wildman–Crippen LogP) is 4.80. The highest BCUT2D eigenvalue weighted by atomic mass is 35.5. The van der Waals surface area contributed by atoms with Gasteiger partial charge in [-0.05, 0) is 48.9 Å². The Labute approximate surface area is 190 Å². The van der Waals surface area contributed by atoms with Crippen molar-refractivity contribution in [2.24, 2.45) is 0 Å². The summed E-state index contributed by atoms with van der Waals surface area (Å²) in [7, 11) is 0. The number of imidazole rings is 1. The maximum atomic E-state index is 12.4. The predicted molar refractivity (Wildman–Crippen MR) is 125 cm³/mol. The van der Waals surface area contributed by atoms with Gasteiger partial charge in [0.25, 0.3) is 5.91 Å². The standard InChI is InChI=1S/C24H22ClN5O2/c1-16(18-8-5-9-20(12-18)29-23(31)17-6-3-2-4-7-17)27-24(32)26-13-21-15-30-14-19(25)10-11-22(30)28-21/h2-12,14-16H,13H2,1H3,(H,29,31)(H2,26,27,32). The number of nitrogens with one attached hydrogen (secondary N) is 3. The van der Waals surface area contributed by atoms with E-state index in [-0.39, 0.29) is 24.5 Å². The second-order valence-corrected chi connectivity index (χ2v) is 7.78. The lowest BCUT2D eigenvalue weighted by Crippen LogP contribution is -2.36. The highest BCUT2D eigenvalue weighted by molar-refractivity contribution is 6.30. The molecule has 1 unspecified atom stereocenters. The van der Waals surface area contributed by atoms with Crippen LogP contribution in [0.25, 0.3) is 5.65 Å². The summed E-state index contributed by atoms with van der Waals surface area (Å²) in [5.41, 5.74) is 3.59. The van der Waals surface area contributed by atoms with Gasteiger partial charge in [0, 0.05) is 23.6 Å². The average molecular weight is 448 g/mol. The Hall–Kier alpha value is -3.84. The smallest absolute Gasteiger partial charge is 0.315 e. The van der Waals surface area contributed by atoms with E-state index < -0.39 is 0 Å². The topological polar surface area (TPSA) is 87.5 Å². The first kappa shape index (κ1) is 21.4. The fourth-order valence-electron chi connectivity index (χ4n) is 3.28. The maximum Gasteiger partial charge on any atom is 0.315 e. The number of hydrogen-bond acceptors (Lipinski definition) is 3. The largest absolute Gasteiger partial charge is 0.332 e. The molecular weight excluding hydrogens is 426 g/mol. The summed E-state index contributed by atoms with van der Waals surface area (Å²) in [4.78, 5) is 29.2. The first-order valence-electron chi connectivity index (χ1n) is 10.1. The number of fused-ring (bicyclic) bond motifs is 1. The number of anilines is 1. The highest BCUT2D eigenvalue weighted by Gasteiger charge is 2.12. The Morgan fingerprint density at radius 1 is 1.03 bits per heavy atom. The molecule has 0 aliphatic carbocycles. The third-order valence-electron chi connectivity index (χ3n) is 4.92. The molecule has 0 aliphatic rings. The lowest BCUT2D eigenvalue weighted by molar-refractivity contribution is 0.102. The van der Waals surface area contributed by atoms with Crippen LogP contribution in [0.4, 0.5) is 10.5 Å². The molecule has 3 N–H and O–H groups in total.